The molecule has 0 atom stereocenters. The van der Waals surface area contributed by atoms with Crippen LogP contribution in [0.1, 0.15) is 5.69 Å². The molecule has 1 aliphatic heterocycles. The molecule has 2 heterocycles. The second kappa shape index (κ2) is 11.5. The summed E-state index contributed by atoms with van der Waals surface area (Å²) in [6.07, 6.45) is 1.61. The summed E-state index contributed by atoms with van der Waals surface area (Å²) in [6, 6.07) is 8.77. The number of halogens is 2. The van der Waals surface area contributed by atoms with Gasteiger partial charge in [0.05, 0.1) is 5.69 Å². The highest BCUT2D eigenvalue weighted by Crippen LogP contribution is 2.20. The van der Waals surface area contributed by atoms with E-state index in [1.807, 2.05) is 18.2 Å². The van der Waals surface area contributed by atoms with Crippen molar-refractivity contribution in [2.24, 2.45) is 4.99 Å². The average molecular weight is 505 g/mol. The van der Waals surface area contributed by atoms with Crippen molar-refractivity contribution >= 4 is 41.7 Å². The minimum absolute atomic E-state index is 0. The predicted octanol–water partition coefficient (Wildman–Crippen LogP) is 2.92. The molecule has 0 unspecified atom stereocenters. The zero-order valence-corrected chi connectivity index (χ0v) is 18.5. The number of guanidine groups is 1. The third kappa shape index (κ3) is 6.65. The predicted molar refractivity (Wildman–Crippen MR) is 117 cm³/mol. The Hall–Kier alpha value is -1.33. The topological polar surface area (TPSA) is 56.9 Å². The van der Waals surface area contributed by atoms with Crippen LogP contribution in [0.2, 0.25) is 0 Å². The fraction of sp³-hybridized carbons (Fsp3) is 0.444. The average Bonchev–Trinajstić information content (AvgIpc) is 3.17. The van der Waals surface area contributed by atoms with E-state index in [0.29, 0.717) is 4.90 Å². The summed E-state index contributed by atoms with van der Waals surface area (Å²) in [4.78, 5) is 9.68. The van der Waals surface area contributed by atoms with Crippen LogP contribution in [0.25, 0.3) is 0 Å². The lowest BCUT2D eigenvalue weighted by Gasteiger charge is -2.36. The zero-order valence-electron chi connectivity index (χ0n) is 15.3. The summed E-state index contributed by atoms with van der Waals surface area (Å²) in [7, 11) is 1.80. The van der Waals surface area contributed by atoms with E-state index in [2.05, 4.69) is 25.3 Å². The monoisotopic (exact) mass is 505 g/mol. The Kier molecular flexibility index (Phi) is 9.35. The Bertz CT molecular complexity index is 708. The summed E-state index contributed by atoms with van der Waals surface area (Å²) in [6.45, 7) is 5.30. The quantitative estimate of drug-likeness (QED) is 0.214. The zero-order chi connectivity index (χ0) is 18.2. The Labute approximate surface area is 180 Å². The minimum atomic E-state index is -0.162. The molecule has 1 fully saturated rings. The highest BCUT2D eigenvalue weighted by Gasteiger charge is 2.20. The molecule has 1 saturated heterocycles. The maximum absolute atomic E-state index is 13.6. The van der Waals surface area contributed by atoms with E-state index in [1.54, 1.807) is 19.4 Å². The van der Waals surface area contributed by atoms with Gasteiger partial charge in [0.1, 0.15) is 12.1 Å². The third-order valence-electron chi connectivity index (χ3n) is 4.24. The molecule has 6 nitrogen and oxygen atoms in total. The first-order chi connectivity index (χ1) is 12.8. The van der Waals surface area contributed by atoms with Gasteiger partial charge in [0.2, 0.25) is 0 Å². The van der Waals surface area contributed by atoms with Crippen molar-refractivity contribution < 1.29 is 8.91 Å². The van der Waals surface area contributed by atoms with E-state index in [0.717, 1.165) is 56.7 Å². The van der Waals surface area contributed by atoms with Gasteiger partial charge in [-0.05, 0) is 12.1 Å². The van der Waals surface area contributed by atoms with Crippen LogP contribution in [0, 0.1) is 5.82 Å². The molecule has 3 rings (SSSR count). The molecule has 0 amide bonds. The first kappa shape index (κ1) is 22.0. The van der Waals surface area contributed by atoms with Crippen molar-refractivity contribution in [3.05, 3.63) is 48.1 Å². The number of aliphatic imine (C=N–C) groups is 1. The second-order valence-electron chi connectivity index (χ2n) is 6.01. The van der Waals surface area contributed by atoms with E-state index in [1.165, 1.54) is 17.8 Å². The number of piperazine rings is 1. The standard InChI is InChI=1S/C18H24FN5OS.HI/c1-20-18(21-7-13-26-17-5-3-2-4-16(17)19)24-10-8-23(9-11-24)14-15-6-12-25-22-15;/h2-6,12H,7-11,13-14H2,1H3,(H,20,21);1H. The minimum Gasteiger partial charge on any atom is -0.364 e. The van der Waals surface area contributed by atoms with Gasteiger partial charge >= 0.3 is 0 Å². The molecule has 9 heteroatoms. The van der Waals surface area contributed by atoms with Gasteiger partial charge in [-0.1, -0.05) is 17.3 Å². The molecule has 2 aromatic rings. The Morgan fingerprint density at radius 2 is 2.04 bits per heavy atom. The Balaban J connectivity index is 0.00000261. The third-order valence-corrected chi connectivity index (χ3v) is 5.29. The van der Waals surface area contributed by atoms with E-state index in [4.69, 9.17) is 4.52 Å². The summed E-state index contributed by atoms with van der Waals surface area (Å²) in [5.41, 5.74) is 0.964. The molecule has 0 saturated carbocycles. The largest absolute Gasteiger partial charge is 0.364 e. The molecular formula is C18H25FIN5OS. The van der Waals surface area contributed by atoms with Crippen molar-refractivity contribution in [1.82, 2.24) is 20.3 Å². The van der Waals surface area contributed by atoms with Crippen LogP contribution >= 0.6 is 35.7 Å². The van der Waals surface area contributed by atoms with Crippen molar-refractivity contribution in [3.63, 3.8) is 0 Å². The van der Waals surface area contributed by atoms with Gasteiger partial charge in [-0.15, -0.1) is 35.7 Å². The van der Waals surface area contributed by atoms with Crippen molar-refractivity contribution in [2.45, 2.75) is 11.4 Å². The lowest BCUT2D eigenvalue weighted by molar-refractivity contribution is 0.169. The SMILES string of the molecule is CN=C(NCCSc1ccccc1F)N1CCN(Cc2ccon2)CC1.I. The van der Waals surface area contributed by atoms with Crippen LogP contribution in [0.3, 0.4) is 0 Å². The van der Waals surface area contributed by atoms with Crippen molar-refractivity contribution in [2.75, 3.05) is 45.5 Å². The van der Waals surface area contributed by atoms with Crippen LogP contribution in [-0.4, -0.2) is 66.4 Å². The van der Waals surface area contributed by atoms with Gasteiger partial charge in [0.25, 0.3) is 0 Å². The number of nitrogens with one attached hydrogen (secondary N) is 1. The molecule has 148 valence electrons. The van der Waals surface area contributed by atoms with E-state index in [9.17, 15) is 4.39 Å². The van der Waals surface area contributed by atoms with Crippen molar-refractivity contribution in [1.29, 1.82) is 0 Å². The Morgan fingerprint density at radius 1 is 1.26 bits per heavy atom. The smallest absolute Gasteiger partial charge is 0.193 e. The Morgan fingerprint density at radius 3 is 2.70 bits per heavy atom. The summed E-state index contributed by atoms with van der Waals surface area (Å²) >= 11 is 1.51. The molecule has 1 aliphatic rings. The van der Waals surface area contributed by atoms with Gasteiger partial charge in [0, 0.05) is 63.0 Å². The number of aromatic nitrogens is 1. The van der Waals surface area contributed by atoms with Crippen LogP contribution < -0.4 is 5.32 Å². The molecule has 0 bridgehead atoms. The molecule has 27 heavy (non-hydrogen) atoms. The number of hydrogen-bond donors (Lipinski definition) is 1. The van der Waals surface area contributed by atoms with Crippen LogP contribution in [-0.2, 0) is 6.54 Å². The second-order valence-corrected chi connectivity index (χ2v) is 7.14. The van der Waals surface area contributed by atoms with Gasteiger partial charge in [-0.3, -0.25) is 9.89 Å². The highest BCUT2D eigenvalue weighted by molar-refractivity contribution is 14.0. The maximum atomic E-state index is 13.6. The van der Waals surface area contributed by atoms with Gasteiger partial charge < -0.3 is 14.7 Å². The number of hydrogen-bond acceptors (Lipinski definition) is 5. The fourth-order valence-corrected chi connectivity index (χ4v) is 3.69. The van der Waals surface area contributed by atoms with Crippen molar-refractivity contribution in [3.8, 4) is 0 Å². The first-order valence-corrected chi connectivity index (χ1v) is 9.69. The number of thioether (sulfide) groups is 1. The van der Waals surface area contributed by atoms with Crippen LogP contribution in [0.4, 0.5) is 4.39 Å². The fourth-order valence-electron chi connectivity index (χ4n) is 2.88. The molecule has 0 spiro atoms. The summed E-state index contributed by atoms with van der Waals surface area (Å²) in [5, 5.41) is 7.34. The number of nitrogens with zero attached hydrogens (tertiary/aromatic N) is 4. The molecule has 1 aromatic heterocycles. The molecule has 0 aliphatic carbocycles. The van der Waals surface area contributed by atoms with E-state index < -0.39 is 0 Å². The maximum Gasteiger partial charge on any atom is 0.193 e. The van der Waals surface area contributed by atoms with Gasteiger partial charge in [0.15, 0.2) is 5.96 Å². The number of benzene rings is 1. The molecule has 1 aromatic carbocycles. The normalized spacial score (nSPS) is 15.5. The summed E-state index contributed by atoms with van der Waals surface area (Å²) < 4.78 is 18.5. The van der Waals surface area contributed by atoms with Gasteiger partial charge in [-0.25, -0.2) is 4.39 Å². The molecule has 1 N–H and O–H groups in total. The summed E-state index contributed by atoms with van der Waals surface area (Å²) in [5.74, 6) is 1.52. The lowest BCUT2D eigenvalue weighted by Crippen LogP contribution is -2.52. The van der Waals surface area contributed by atoms with Crippen LogP contribution in [0.5, 0.6) is 0 Å². The van der Waals surface area contributed by atoms with E-state index in [-0.39, 0.29) is 29.8 Å². The molecule has 0 radical (unpaired) electrons. The van der Waals surface area contributed by atoms with E-state index >= 15 is 0 Å². The number of rotatable bonds is 6. The first-order valence-electron chi connectivity index (χ1n) is 8.71. The van der Waals surface area contributed by atoms with Crippen LogP contribution in [0.15, 0.2) is 51.0 Å². The van der Waals surface area contributed by atoms with Gasteiger partial charge in [-0.2, -0.15) is 0 Å². The highest BCUT2D eigenvalue weighted by atomic mass is 127. The lowest BCUT2D eigenvalue weighted by atomic mass is 10.3. The molecular weight excluding hydrogens is 480 g/mol.